The molecule has 2 amide bonds. The summed E-state index contributed by atoms with van der Waals surface area (Å²) >= 11 is 0. The lowest BCUT2D eigenvalue weighted by molar-refractivity contribution is -0.143. The summed E-state index contributed by atoms with van der Waals surface area (Å²) in [6.07, 6.45) is 2.40. The van der Waals surface area contributed by atoms with E-state index in [0.29, 0.717) is 41.3 Å². The van der Waals surface area contributed by atoms with E-state index in [0.717, 1.165) is 5.56 Å². The van der Waals surface area contributed by atoms with Crippen molar-refractivity contribution in [2.24, 2.45) is 0 Å². The van der Waals surface area contributed by atoms with Crippen LogP contribution in [0.15, 0.2) is 72.3 Å². The Hall–Kier alpha value is -4.59. The number of aryl methyl sites for hydroxylation is 1. The Balaban J connectivity index is 1.45. The molecule has 0 radical (unpaired) electrons. The first-order valence-corrected chi connectivity index (χ1v) is 11.6. The number of benzene rings is 3. The molecule has 0 aromatic heterocycles. The minimum Gasteiger partial charge on any atom is -0.504 e. The molecule has 3 aromatic rings. The van der Waals surface area contributed by atoms with Gasteiger partial charge in [0.15, 0.2) is 11.5 Å². The minimum atomic E-state index is -0.412. The maximum Gasteiger partial charge on any atom is 0.306 e. The summed E-state index contributed by atoms with van der Waals surface area (Å²) in [7, 11) is 0. The van der Waals surface area contributed by atoms with Crippen LogP contribution in [0.25, 0.3) is 6.08 Å². The average Bonchev–Trinajstić information content (AvgIpc) is 2.88. The highest BCUT2D eigenvalue weighted by Gasteiger charge is 2.21. The van der Waals surface area contributed by atoms with Gasteiger partial charge in [0.05, 0.1) is 23.4 Å². The van der Waals surface area contributed by atoms with Crippen LogP contribution >= 0.6 is 0 Å². The fourth-order valence-electron chi connectivity index (χ4n) is 3.80. The van der Waals surface area contributed by atoms with Gasteiger partial charge in [0.2, 0.25) is 0 Å². The van der Waals surface area contributed by atoms with Crippen LogP contribution in [-0.4, -0.2) is 36.1 Å². The van der Waals surface area contributed by atoms with Gasteiger partial charge in [-0.1, -0.05) is 36.4 Å². The molecule has 1 heterocycles. The Bertz CT molecular complexity index is 1330. The van der Waals surface area contributed by atoms with Crippen molar-refractivity contribution in [2.75, 3.05) is 23.8 Å². The zero-order valence-corrected chi connectivity index (χ0v) is 19.7. The van der Waals surface area contributed by atoms with E-state index >= 15 is 0 Å². The molecule has 36 heavy (non-hydrogen) atoms. The molecule has 0 atom stereocenters. The van der Waals surface area contributed by atoms with Gasteiger partial charge in [-0.3, -0.25) is 14.4 Å². The summed E-state index contributed by atoms with van der Waals surface area (Å²) in [5.41, 5.74) is 3.05. The number of hydrogen-bond acceptors (Lipinski definition) is 6. The van der Waals surface area contributed by atoms with Gasteiger partial charge in [0, 0.05) is 17.7 Å². The first-order valence-electron chi connectivity index (χ1n) is 11.6. The van der Waals surface area contributed by atoms with Crippen LogP contribution in [0.4, 0.5) is 11.4 Å². The van der Waals surface area contributed by atoms with Crippen molar-refractivity contribution < 1.29 is 29.0 Å². The van der Waals surface area contributed by atoms with Gasteiger partial charge in [-0.25, -0.2) is 0 Å². The van der Waals surface area contributed by atoms with Gasteiger partial charge in [-0.05, 0) is 55.3 Å². The molecular weight excluding hydrogens is 460 g/mol. The molecule has 8 heteroatoms. The van der Waals surface area contributed by atoms with E-state index in [4.69, 9.17) is 9.47 Å². The van der Waals surface area contributed by atoms with Crippen molar-refractivity contribution in [1.29, 1.82) is 0 Å². The molecule has 3 aromatic carbocycles. The molecule has 0 saturated heterocycles. The number of carbonyl (C=O) groups excluding carboxylic acids is 3. The fourth-order valence-corrected chi connectivity index (χ4v) is 3.80. The Morgan fingerprint density at radius 2 is 1.78 bits per heavy atom. The van der Waals surface area contributed by atoms with E-state index in [1.165, 1.54) is 6.07 Å². The smallest absolute Gasteiger partial charge is 0.306 e. The number of esters is 1. The van der Waals surface area contributed by atoms with Gasteiger partial charge in [0.25, 0.3) is 11.8 Å². The van der Waals surface area contributed by atoms with Gasteiger partial charge in [-0.15, -0.1) is 0 Å². The van der Waals surface area contributed by atoms with Gasteiger partial charge < -0.3 is 25.2 Å². The van der Waals surface area contributed by atoms with E-state index in [1.807, 2.05) is 6.07 Å². The summed E-state index contributed by atoms with van der Waals surface area (Å²) in [5, 5.41) is 15.5. The molecule has 1 aliphatic heterocycles. The first-order chi connectivity index (χ1) is 17.4. The number of fused-ring (bicyclic) bond motifs is 1. The second kappa shape index (κ2) is 11.2. The topological polar surface area (TPSA) is 114 Å². The number of aromatic hydroxyl groups is 1. The summed E-state index contributed by atoms with van der Waals surface area (Å²) in [4.78, 5) is 37.6. The quantitative estimate of drug-likeness (QED) is 0.403. The van der Waals surface area contributed by atoms with Crippen molar-refractivity contribution in [1.82, 2.24) is 0 Å². The molecule has 3 N–H and O–H groups in total. The number of para-hydroxylation sites is 2. The zero-order valence-electron chi connectivity index (χ0n) is 19.7. The monoisotopic (exact) mass is 486 g/mol. The van der Waals surface area contributed by atoms with Crippen LogP contribution in [0, 0.1) is 0 Å². The van der Waals surface area contributed by atoms with Gasteiger partial charge >= 0.3 is 5.97 Å². The van der Waals surface area contributed by atoms with Crippen LogP contribution in [0.5, 0.6) is 11.5 Å². The first kappa shape index (κ1) is 24.5. The number of nitrogens with one attached hydrogen (secondary N) is 2. The van der Waals surface area contributed by atoms with Crippen LogP contribution in [-0.2, 0) is 20.7 Å². The normalized spacial score (nSPS) is 12.0. The molecule has 184 valence electrons. The second-order valence-electron chi connectivity index (χ2n) is 8.11. The van der Waals surface area contributed by atoms with Gasteiger partial charge in [0.1, 0.15) is 6.61 Å². The molecule has 0 saturated carbocycles. The number of amides is 2. The molecule has 8 nitrogen and oxygen atoms in total. The lowest BCUT2D eigenvalue weighted by Gasteiger charge is -2.19. The van der Waals surface area contributed by atoms with E-state index in [-0.39, 0.29) is 30.3 Å². The summed E-state index contributed by atoms with van der Waals surface area (Å²) < 4.78 is 10.5. The van der Waals surface area contributed by atoms with Crippen molar-refractivity contribution >= 4 is 35.2 Å². The predicted octanol–water partition coefficient (Wildman–Crippen LogP) is 4.55. The number of ether oxygens (including phenoxy) is 2. The Morgan fingerprint density at radius 3 is 2.61 bits per heavy atom. The van der Waals surface area contributed by atoms with Gasteiger partial charge in [-0.2, -0.15) is 0 Å². The second-order valence-corrected chi connectivity index (χ2v) is 8.11. The van der Waals surface area contributed by atoms with Crippen molar-refractivity contribution in [3.8, 4) is 11.5 Å². The van der Waals surface area contributed by atoms with Crippen LogP contribution < -0.4 is 15.4 Å². The highest BCUT2D eigenvalue weighted by Crippen LogP contribution is 2.35. The van der Waals surface area contributed by atoms with Crippen molar-refractivity contribution in [3.05, 3.63) is 89.0 Å². The van der Waals surface area contributed by atoms with E-state index < -0.39 is 11.8 Å². The minimum absolute atomic E-state index is 0.00943. The third-order valence-corrected chi connectivity index (χ3v) is 5.55. The molecule has 0 unspecified atom stereocenters. The van der Waals surface area contributed by atoms with E-state index in [1.54, 1.807) is 67.6 Å². The SMILES string of the molecule is CCOC(=O)CCc1cccc(NC(=O)c2ccccc2NC(=O)C2=Cc3cccc(O)c3OC2)c1. The van der Waals surface area contributed by atoms with E-state index in [9.17, 15) is 19.5 Å². The molecule has 4 rings (SSSR count). The number of phenolic OH excluding ortho intramolecular Hbond substituents is 1. The third kappa shape index (κ3) is 5.90. The van der Waals surface area contributed by atoms with Crippen LogP contribution in [0.2, 0.25) is 0 Å². The van der Waals surface area contributed by atoms with Crippen LogP contribution in [0.1, 0.15) is 34.8 Å². The van der Waals surface area contributed by atoms with Crippen molar-refractivity contribution in [3.63, 3.8) is 0 Å². The Kier molecular flexibility index (Phi) is 7.65. The third-order valence-electron chi connectivity index (χ3n) is 5.55. The number of phenols is 1. The Labute approximate surface area is 208 Å². The van der Waals surface area contributed by atoms with E-state index in [2.05, 4.69) is 10.6 Å². The lowest BCUT2D eigenvalue weighted by Crippen LogP contribution is -2.23. The van der Waals surface area contributed by atoms with Crippen molar-refractivity contribution in [2.45, 2.75) is 19.8 Å². The summed E-state index contributed by atoms with van der Waals surface area (Å²) in [6, 6.07) is 18.9. The Morgan fingerprint density at radius 1 is 0.972 bits per heavy atom. The zero-order chi connectivity index (χ0) is 25.5. The standard InChI is InChI=1S/C28H26N2O6/c1-2-35-25(32)14-13-18-7-5-9-21(15-18)29-28(34)22-10-3-4-11-23(22)30-27(33)20-16-19-8-6-12-24(31)26(19)36-17-20/h3-12,15-16,31H,2,13-14,17H2,1H3,(H,29,34)(H,30,33). The van der Waals surface area contributed by atoms with Crippen LogP contribution in [0.3, 0.4) is 0 Å². The molecule has 0 bridgehead atoms. The maximum absolute atomic E-state index is 13.1. The summed E-state index contributed by atoms with van der Waals surface area (Å²) in [5.74, 6) is -0.730. The number of carbonyl (C=O) groups is 3. The molecule has 0 spiro atoms. The molecule has 0 fully saturated rings. The number of hydrogen-bond donors (Lipinski definition) is 3. The molecule has 0 aliphatic carbocycles. The number of rotatable bonds is 8. The predicted molar refractivity (Wildman–Crippen MR) is 136 cm³/mol. The fraction of sp³-hybridized carbons (Fsp3) is 0.179. The lowest BCUT2D eigenvalue weighted by atomic mass is 10.1. The highest BCUT2D eigenvalue weighted by atomic mass is 16.5. The largest absolute Gasteiger partial charge is 0.504 e. The molecular formula is C28H26N2O6. The average molecular weight is 487 g/mol. The highest BCUT2D eigenvalue weighted by molar-refractivity contribution is 6.13. The molecule has 1 aliphatic rings. The maximum atomic E-state index is 13.1. The number of anilines is 2. The summed E-state index contributed by atoms with van der Waals surface area (Å²) in [6.45, 7) is 2.09.